The lowest BCUT2D eigenvalue weighted by Crippen LogP contribution is -2.33. The lowest BCUT2D eigenvalue weighted by atomic mass is 9.87. The van der Waals surface area contributed by atoms with Gasteiger partial charge in [0.2, 0.25) is 0 Å². The monoisotopic (exact) mass is 227 g/mol. The first-order chi connectivity index (χ1) is 7.79. The van der Waals surface area contributed by atoms with Crippen LogP contribution in [0.3, 0.4) is 0 Å². The maximum Gasteiger partial charge on any atom is 0.00923 e. The van der Waals surface area contributed by atoms with E-state index in [9.17, 15) is 0 Å². The van der Waals surface area contributed by atoms with E-state index >= 15 is 0 Å². The van der Waals surface area contributed by atoms with Crippen molar-refractivity contribution in [2.45, 2.75) is 84.6 Å². The number of unbranched alkanes of at least 4 members (excludes halogenated alkanes) is 3. The van der Waals surface area contributed by atoms with Crippen LogP contribution in [-0.4, -0.2) is 13.1 Å². The van der Waals surface area contributed by atoms with Gasteiger partial charge >= 0.3 is 0 Å². The molecule has 0 saturated heterocycles. The van der Waals surface area contributed by atoms with Crippen LogP contribution < -0.4 is 5.32 Å². The van der Waals surface area contributed by atoms with Crippen LogP contribution in [0.2, 0.25) is 0 Å². The topological polar surface area (TPSA) is 12.0 Å². The van der Waals surface area contributed by atoms with Gasteiger partial charge in [0.15, 0.2) is 0 Å². The SMILES string of the molecule is CCCCCCC(NC)C(CCC)CCC. The second kappa shape index (κ2) is 11.4. The van der Waals surface area contributed by atoms with E-state index in [4.69, 9.17) is 0 Å². The van der Waals surface area contributed by atoms with Crippen molar-refractivity contribution in [1.82, 2.24) is 5.32 Å². The first-order valence-electron chi connectivity index (χ1n) is 7.47. The summed E-state index contributed by atoms with van der Waals surface area (Å²) in [5.74, 6) is 0.904. The standard InChI is InChI=1S/C15H33N/c1-5-8-9-10-13-15(16-4)14(11-6-2)12-7-3/h14-16H,5-13H2,1-4H3. The Bertz CT molecular complexity index is 127. The third kappa shape index (κ3) is 7.27. The Kier molecular flexibility index (Phi) is 11.4. The molecule has 1 nitrogen and oxygen atoms in total. The van der Waals surface area contributed by atoms with Gasteiger partial charge < -0.3 is 5.32 Å². The molecule has 0 aromatic rings. The molecule has 0 aromatic carbocycles. The molecule has 1 atom stereocenters. The minimum absolute atomic E-state index is 0.761. The zero-order valence-corrected chi connectivity index (χ0v) is 12.0. The molecule has 0 spiro atoms. The van der Waals surface area contributed by atoms with Crippen molar-refractivity contribution in [3.63, 3.8) is 0 Å². The third-order valence-corrected chi connectivity index (χ3v) is 3.63. The molecule has 0 rings (SSSR count). The number of hydrogen-bond donors (Lipinski definition) is 1. The summed E-state index contributed by atoms with van der Waals surface area (Å²) in [4.78, 5) is 0. The first kappa shape index (κ1) is 16.0. The van der Waals surface area contributed by atoms with Crippen LogP contribution in [0.1, 0.15) is 78.6 Å². The van der Waals surface area contributed by atoms with Crippen molar-refractivity contribution in [3.05, 3.63) is 0 Å². The highest BCUT2D eigenvalue weighted by Gasteiger charge is 2.17. The van der Waals surface area contributed by atoms with Crippen LogP contribution in [-0.2, 0) is 0 Å². The number of nitrogens with one attached hydrogen (secondary N) is 1. The second-order valence-corrected chi connectivity index (χ2v) is 5.08. The van der Waals surface area contributed by atoms with E-state index in [0.29, 0.717) is 0 Å². The summed E-state index contributed by atoms with van der Waals surface area (Å²) in [6, 6.07) is 0.761. The molecule has 0 aliphatic heterocycles. The largest absolute Gasteiger partial charge is 0.317 e. The molecular formula is C15H33N. The molecule has 1 N–H and O–H groups in total. The van der Waals surface area contributed by atoms with E-state index in [1.807, 2.05) is 0 Å². The van der Waals surface area contributed by atoms with Crippen molar-refractivity contribution in [2.75, 3.05) is 7.05 Å². The first-order valence-corrected chi connectivity index (χ1v) is 7.47. The van der Waals surface area contributed by atoms with Gasteiger partial charge in [0.05, 0.1) is 0 Å². The van der Waals surface area contributed by atoms with E-state index < -0.39 is 0 Å². The van der Waals surface area contributed by atoms with Crippen molar-refractivity contribution in [3.8, 4) is 0 Å². The molecule has 0 aromatic heterocycles. The predicted molar refractivity (Wildman–Crippen MR) is 74.9 cm³/mol. The molecule has 0 aliphatic carbocycles. The summed E-state index contributed by atoms with van der Waals surface area (Å²) >= 11 is 0. The fourth-order valence-electron chi connectivity index (χ4n) is 2.70. The maximum atomic E-state index is 3.55. The van der Waals surface area contributed by atoms with Gasteiger partial charge in [0, 0.05) is 6.04 Å². The van der Waals surface area contributed by atoms with Gasteiger partial charge in [-0.1, -0.05) is 59.3 Å². The van der Waals surface area contributed by atoms with Gasteiger partial charge in [-0.25, -0.2) is 0 Å². The van der Waals surface area contributed by atoms with Gasteiger partial charge in [-0.15, -0.1) is 0 Å². The molecule has 0 heterocycles. The quantitative estimate of drug-likeness (QED) is 0.502. The Morgan fingerprint density at radius 2 is 1.38 bits per heavy atom. The Morgan fingerprint density at radius 1 is 0.750 bits per heavy atom. The van der Waals surface area contributed by atoms with E-state index in [1.54, 1.807) is 0 Å². The zero-order chi connectivity index (χ0) is 12.2. The third-order valence-electron chi connectivity index (χ3n) is 3.63. The molecular weight excluding hydrogens is 194 g/mol. The summed E-state index contributed by atoms with van der Waals surface area (Å²) in [5, 5.41) is 3.55. The van der Waals surface area contributed by atoms with Gasteiger partial charge in [0.25, 0.3) is 0 Å². The predicted octanol–water partition coefficient (Wildman–Crippen LogP) is 4.76. The van der Waals surface area contributed by atoms with Gasteiger partial charge in [-0.3, -0.25) is 0 Å². The Hall–Kier alpha value is -0.0400. The van der Waals surface area contributed by atoms with E-state index in [-0.39, 0.29) is 0 Å². The van der Waals surface area contributed by atoms with Gasteiger partial charge in [-0.2, -0.15) is 0 Å². The average Bonchev–Trinajstić information content (AvgIpc) is 2.29. The minimum atomic E-state index is 0.761. The van der Waals surface area contributed by atoms with Gasteiger partial charge in [0.1, 0.15) is 0 Å². The van der Waals surface area contributed by atoms with Crippen LogP contribution in [0, 0.1) is 5.92 Å². The highest BCUT2D eigenvalue weighted by atomic mass is 14.9. The lowest BCUT2D eigenvalue weighted by Gasteiger charge is -2.26. The smallest absolute Gasteiger partial charge is 0.00923 e. The van der Waals surface area contributed by atoms with Gasteiger partial charge in [-0.05, 0) is 32.2 Å². The molecule has 0 aliphatic rings. The normalized spacial score (nSPS) is 13.3. The van der Waals surface area contributed by atoms with E-state index in [0.717, 1.165) is 12.0 Å². The Balaban J connectivity index is 3.89. The minimum Gasteiger partial charge on any atom is -0.317 e. The molecule has 0 bridgehead atoms. The van der Waals surface area contributed by atoms with Crippen molar-refractivity contribution < 1.29 is 0 Å². The van der Waals surface area contributed by atoms with E-state index in [2.05, 4.69) is 33.1 Å². The Morgan fingerprint density at radius 3 is 1.81 bits per heavy atom. The van der Waals surface area contributed by atoms with Crippen LogP contribution in [0.15, 0.2) is 0 Å². The van der Waals surface area contributed by atoms with E-state index in [1.165, 1.54) is 57.8 Å². The summed E-state index contributed by atoms with van der Waals surface area (Å²) in [7, 11) is 2.14. The van der Waals surface area contributed by atoms with Crippen LogP contribution in [0.4, 0.5) is 0 Å². The molecule has 0 amide bonds. The molecule has 1 heteroatoms. The highest BCUT2D eigenvalue weighted by molar-refractivity contribution is 4.74. The fraction of sp³-hybridized carbons (Fsp3) is 1.00. The molecule has 0 radical (unpaired) electrons. The summed E-state index contributed by atoms with van der Waals surface area (Å²) in [5.41, 5.74) is 0. The Labute approximate surface area is 103 Å². The number of hydrogen-bond acceptors (Lipinski definition) is 1. The molecule has 0 fully saturated rings. The maximum absolute atomic E-state index is 3.55. The lowest BCUT2D eigenvalue weighted by molar-refractivity contribution is 0.303. The highest BCUT2D eigenvalue weighted by Crippen LogP contribution is 2.21. The average molecular weight is 227 g/mol. The van der Waals surface area contributed by atoms with Crippen LogP contribution >= 0.6 is 0 Å². The fourth-order valence-corrected chi connectivity index (χ4v) is 2.70. The van der Waals surface area contributed by atoms with Crippen LogP contribution in [0.25, 0.3) is 0 Å². The van der Waals surface area contributed by atoms with Crippen LogP contribution in [0.5, 0.6) is 0 Å². The summed E-state index contributed by atoms with van der Waals surface area (Å²) < 4.78 is 0. The molecule has 16 heavy (non-hydrogen) atoms. The summed E-state index contributed by atoms with van der Waals surface area (Å²) in [6.45, 7) is 6.91. The zero-order valence-electron chi connectivity index (χ0n) is 12.0. The van der Waals surface area contributed by atoms with Crippen molar-refractivity contribution in [2.24, 2.45) is 5.92 Å². The molecule has 98 valence electrons. The molecule has 1 unspecified atom stereocenters. The number of rotatable bonds is 11. The van der Waals surface area contributed by atoms with Crippen molar-refractivity contribution >= 4 is 0 Å². The summed E-state index contributed by atoms with van der Waals surface area (Å²) in [6.07, 6.45) is 12.4. The van der Waals surface area contributed by atoms with Crippen molar-refractivity contribution in [1.29, 1.82) is 0 Å². The second-order valence-electron chi connectivity index (χ2n) is 5.08. The molecule has 0 saturated carbocycles.